The minimum atomic E-state index is -2.75. The van der Waals surface area contributed by atoms with Crippen LogP contribution in [-0.4, -0.2) is 11.0 Å². The molecule has 21 heavy (non-hydrogen) atoms. The molecule has 2 aromatic rings. The summed E-state index contributed by atoms with van der Waals surface area (Å²) in [5.74, 6) is -0.697. The van der Waals surface area contributed by atoms with Crippen molar-refractivity contribution in [1.29, 1.82) is 0 Å². The second kappa shape index (κ2) is 8.08. The smallest absolute Gasteiger partial charge is 0.256 e. The maximum atomic E-state index is 13.9. The number of nitrogens with zero attached hydrogens (tertiary/aromatic N) is 1. The molecule has 0 saturated heterocycles. The molecule has 0 aliphatic rings. The fraction of sp³-hybridized carbons (Fsp3) is 0.154. The zero-order valence-electron chi connectivity index (χ0n) is 10.4. The van der Waals surface area contributed by atoms with Gasteiger partial charge in [0, 0.05) is 32.7 Å². The monoisotopic (exact) mass is 501 g/mol. The average Bonchev–Trinajstić information content (AvgIpc) is 2.37. The van der Waals surface area contributed by atoms with Crippen LogP contribution in [0.25, 0.3) is 11.3 Å². The van der Waals surface area contributed by atoms with Crippen LogP contribution in [0.1, 0.15) is 0 Å². The van der Waals surface area contributed by atoms with E-state index in [0.717, 1.165) is 10.6 Å². The Kier molecular flexibility index (Phi) is 7.36. The number of rotatable bonds is 3. The van der Waals surface area contributed by atoms with Crippen LogP contribution in [-0.2, 0) is 39.3 Å². The van der Waals surface area contributed by atoms with Crippen LogP contribution in [0.4, 0.5) is 13.2 Å². The number of hydrogen-bond acceptors (Lipinski definition) is 1. The molecule has 0 spiro atoms. The first-order valence-electron chi connectivity index (χ1n) is 5.45. The topological polar surface area (TPSA) is 22.0 Å². The van der Waals surface area contributed by atoms with E-state index in [9.17, 15) is 18.0 Å². The molecule has 1 aromatic carbocycles. The Labute approximate surface area is 162 Å². The Balaban J connectivity index is 0.00000220. The summed E-state index contributed by atoms with van der Waals surface area (Å²) in [5.41, 5.74) is -0.818. The molecule has 0 fully saturated rings. The number of benzene rings is 1. The molecule has 0 bridgehead atoms. The molecule has 109 valence electrons. The molecule has 0 saturated carbocycles. The number of halogens is 5. The molecule has 2 nitrogen and oxygen atoms in total. The summed E-state index contributed by atoms with van der Waals surface area (Å²) in [5, 5.41) is 0.0323. The summed E-state index contributed by atoms with van der Waals surface area (Å²) in [6.45, 7) is -0.841. The van der Waals surface area contributed by atoms with Crippen molar-refractivity contribution in [2.24, 2.45) is 0 Å². The van der Waals surface area contributed by atoms with E-state index < -0.39 is 24.3 Å². The van der Waals surface area contributed by atoms with E-state index in [-0.39, 0.29) is 52.6 Å². The first kappa shape index (κ1) is 19.1. The zero-order valence-corrected chi connectivity index (χ0v) is 16.2. The van der Waals surface area contributed by atoms with Crippen LogP contribution in [0.5, 0.6) is 0 Å². The molecule has 0 amide bonds. The predicted octanol–water partition coefficient (Wildman–Crippen LogP) is 3.98. The van der Waals surface area contributed by atoms with Crippen molar-refractivity contribution in [3.63, 3.8) is 0 Å². The van der Waals surface area contributed by atoms with Gasteiger partial charge in [-0.1, -0.05) is 29.4 Å². The molecule has 8 heteroatoms. The van der Waals surface area contributed by atoms with Gasteiger partial charge in [-0.3, -0.25) is 4.79 Å². The Morgan fingerprint density at radius 1 is 1.38 bits per heavy atom. The molecule has 1 aromatic heterocycles. The van der Waals surface area contributed by atoms with E-state index in [2.05, 4.69) is 6.07 Å². The third kappa shape index (κ3) is 4.30. The largest absolute Gasteiger partial charge is 0.336 e. The fourth-order valence-electron chi connectivity index (χ4n) is 1.75. The van der Waals surface area contributed by atoms with Gasteiger partial charge in [0.2, 0.25) is 5.56 Å². The first-order chi connectivity index (χ1) is 9.41. The molecule has 0 unspecified atom stereocenters. The minimum absolute atomic E-state index is 0. The van der Waals surface area contributed by atoms with Crippen LogP contribution in [0.15, 0.2) is 29.1 Å². The second-order valence-electron chi connectivity index (χ2n) is 3.89. The summed E-state index contributed by atoms with van der Waals surface area (Å²) in [4.78, 5) is 12.0. The van der Waals surface area contributed by atoms with Gasteiger partial charge in [-0.2, -0.15) is 12.1 Å². The molecular formula is C13H7ClF3INOY-. The van der Waals surface area contributed by atoms with Crippen molar-refractivity contribution in [1.82, 2.24) is 4.57 Å². The number of hydrogen-bond donors (Lipinski definition) is 0. The van der Waals surface area contributed by atoms with E-state index in [0.29, 0.717) is 0 Å². The van der Waals surface area contributed by atoms with Gasteiger partial charge in [-0.25, -0.2) is 13.2 Å². The summed E-state index contributed by atoms with van der Waals surface area (Å²) < 4.78 is 40.1. The third-order valence-corrected chi connectivity index (χ3v) is 3.66. The molecule has 1 radical (unpaired) electrons. The molecular weight excluding hydrogens is 494 g/mol. The quantitative estimate of drug-likeness (QED) is 0.461. The normalized spacial score (nSPS) is 10.6. The first-order valence-corrected chi connectivity index (χ1v) is 6.91. The number of alkyl halides is 2. The van der Waals surface area contributed by atoms with Crippen molar-refractivity contribution in [2.45, 2.75) is 13.0 Å². The molecule has 0 atom stereocenters. The van der Waals surface area contributed by atoms with Crippen LogP contribution in [0.3, 0.4) is 0 Å². The van der Waals surface area contributed by atoms with Crippen molar-refractivity contribution in [2.75, 3.05) is 0 Å². The SMILES string of the molecule is O=c1c(I)c[c-]c(-c2c(F)cccc2Cl)n1CC(F)F.[Y]. The van der Waals surface area contributed by atoms with E-state index in [4.69, 9.17) is 11.6 Å². The molecule has 0 N–H and O–H groups in total. The van der Waals surface area contributed by atoms with Crippen molar-refractivity contribution >= 4 is 34.2 Å². The summed E-state index contributed by atoms with van der Waals surface area (Å²) in [7, 11) is 0. The van der Waals surface area contributed by atoms with Crippen molar-refractivity contribution < 1.29 is 45.9 Å². The van der Waals surface area contributed by atoms with Crippen LogP contribution in [0, 0.1) is 15.5 Å². The van der Waals surface area contributed by atoms with Gasteiger partial charge in [0.25, 0.3) is 6.43 Å². The van der Waals surface area contributed by atoms with Crippen molar-refractivity contribution in [3.05, 3.63) is 55.1 Å². The average molecular weight is 501 g/mol. The van der Waals surface area contributed by atoms with Crippen LogP contribution in [0.2, 0.25) is 5.02 Å². The molecule has 2 rings (SSSR count). The Hall–Kier alpha value is 0.0839. The van der Waals surface area contributed by atoms with Gasteiger partial charge in [0.15, 0.2) is 0 Å². The Morgan fingerprint density at radius 2 is 2.05 bits per heavy atom. The van der Waals surface area contributed by atoms with Gasteiger partial charge >= 0.3 is 0 Å². The standard InChI is InChI=1S/C13H7ClF3INO.Y/c14-7-2-1-3-8(15)12(7)10-5-4-9(18)13(20)19(10)6-11(16)17;/h1-4,11H,6H2;/q-1;. The van der Waals surface area contributed by atoms with E-state index in [1.807, 2.05) is 0 Å². The molecule has 1 heterocycles. The summed E-state index contributed by atoms with van der Waals surface area (Å²) >= 11 is 7.61. The van der Waals surface area contributed by atoms with Gasteiger partial charge < -0.3 is 4.57 Å². The number of pyridine rings is 1. The maximum Gasteiger partial charge on any atom is 0.256 e. The van der Waals surface area contributed by atoms with Crippen LogP contribution >= 0.6 is 34.2 Å². The Bertz CT molecular complexity index is 688. The van der Waals surface area contributed by atoms with E-state index in [1.165, 1.54) is 18.2 Å². The second-order valence-corrected chi connectivity index (χ2v) is 5.46. The van der Waals surface area contributed by atoms with Gasteiger partial charge in [-0.05, 0) is 20.2 Å². The predicted molar refractivity (Wildman–Crippen MR) is 78.7 cm³/mol. The molecule has 0 aliphatic carbocycles. The van der Waals surface area contributed by atoms with Gasteiger partial charge in [0.1, 0.15) is 0 Å². The van der Waals surface area contributed by atoms with Gasteiger partial charge in [0.05, 0.1) is 12.4 Å². The Morgan fingerprint density at radius 3 is 2.62 bits per heavy atom. The van der Waals surface area contributed by atoms with E-state index in [1.54, 1.807) is 22.6 Å². The van der Waals surface area contributed by atoms with Gasteiger partial charge in [-0.15, -0.1) is 22.6 Å². The fourth-order valence-corrected chi connectivity index (χ4v) is 2.44. The maximum absolute atomic E-state index is 13.9. The number of aromatic nitrogens is 1. The third-order valence-electron chi connectivity index (χ3n) is 2.58. The summed E-state index contributed by atoms with van der Waals surface area (Å²) in [6.07, 6.45) is -2.75. The zero-order chi connectivity index (χ0) is 14.9. The molecule has 0 aliphatic heterocycles. The minimum Gasteiger partial charge on any atom is -0.336 e. The van der Waals surface area contributed by atoms with Crippen molar-refractivity contribution in [3.8, 4) is 11.3 Å². The van der Waals surface area contributed by atoms with E-state index >= 15 is 0 Å². The summed E-state index contributed by atoms with van der Waals surface area (Å²) in [6, 6.07) is 7.92. The van der Waals surface area contributed by atoms with Crippen LogP contribution < -0.4 is 5.56 Å².